The van der Waals surface area contributed by atoms with Crippen LogP contribution in [0.1, 0.15) is 47.0 Å². The van der Waals surface area contributed by atoms with Crippen molar-refractivity contribution in [2.45, 2.75) is 59.2 Å². The average molecular weight is 252 g/mol. The first-order valence-corrected chi connectivity index (χ1v) is 6.52. The fourth-order valence-corrected chi connectivity index (χ4v) is 2.45. The van der Waals surface area contributed by atoms with Gasteiger partial charge in [-0.2, -0.15) is 0 Å². The van der Waals surface area contributed by atoms with Gasteiger partial charge in [-0.3, -0.25) is 4.79 Å². The fraction of sp³-hybridized carbons (Fsp3) is 0.667. The Morgan fingerprint density at radius 3 is 2.72 bits per heavy atom. The number of ketones is 1. The minimum absolute atomic E-state index is 0.00900. The molecule has 0 saturated heterocycles. The Morgan fingerprint density at radius 2 is 2.17 bits per heavy atom. The van der Waals surface area contributed by atoms with Crippen molar-refractivity contribution in [1.29, 1.82) is 0 Å². The molecule has 3 heteroatoms. The Bertz CT molecular complexity index is 375. The van der Waals surface area contributed by atoms with E-state index in [1.165, 1.54) is 6.08 Å². The molecule has 0 heterocycles. The Labute approximate surface area is 109 Å². The van der Waals surface area contributed by atoms with Crippen molar-refractivity contribution >= 4 is 5.78 Å². The summed E-state index contributed by atoms with van der Waals surface area (Å²) in [4.78, 5) is 11.6. The second-order valence-corrected chi connectivity index (χ2v) is 5.89. The van der Waals surface area contributed by atoms with Gasteiger partial charge in [0.15, 0.2) is 5.78 Å². The van der Waals surface area contributed by atoms with Crippen molar-refractivity contribution in [3.8, 4) is 0 Å². The van der Waals surface area contributed by atoms with Gasteiger partial charge in [0.25, 0.3) is 0 Å². The minimum atomic E-state index is -0.609. The Hall–Kier alpha value is -0.930. The summed E-state index contributed by atoms with van der Waals surface area (Å²) in [6, 6.07) is 0. The fourth-order valence-electron chi connectivity index (χ4n) is 2.45. The molecule has 1 aliphatic rings. The zero-order chi connectivity index (χ0) is 13.9. The molecule has 18 heavy (non-hydrogen) atoms. The second-order valence-electron chi connectivity index (χ2n) is 5.89. The highest BCUT2D eigenvalue weighted by Crippen LogP contribution is 2.40. The number of hydrogen-bond acceptors (Lipinski definition) is 3. The largest absolute Gasteiger partial charge is 0.393 e. The molecule has 0 fully saturated rings. The van der Waals surface area contributed by atoms with Gasteiger partial charge in [0.05, 0.1) is 12.2 Å². The first-order chi connectivity index (χ1) is 8.24. The first-order valence-electron chi connectivity index (χ1n) is 6.52. The van der Waals surface area contributed by atoms with Crippen molar-refractivity contribution in [2.75, 3.05) is 0 Å². The molecule has 0 aromatic heterocycles. The predicted molar refractivity (Wildman–Crippen MR) is 72.2 cm³/mol. The molecule has 1 rings (SSSR count). The molecule has 1 aliphatic carbocycles. The van der Waals surface area contributed by atoms with E-state index in [0.717, 1.165) is 24.0 Å². The highest BCUT2D eigenvalue weighted by atomic mass is 16.3. The van der Waals surface area contributed by atoms with Gasteiger partial charge in [-0.25, -0.2) is 0 Å². The lowest BCUT2D eigenvalue weighted by molar-refractivity contribution is -0.116. The topological polar surface area (TPSA) is 57.5 Å². The zero-order valence-electron chi connectivity index (χ0n) is 11.7. The lowest BCUT2D eigenvalue weighted by atomic mass is 9.71. The van der Waals surface area contributed by atoms with E-state index in [1.54, 1.807) is 6.92 Å². The molecule has 0 bridgehead atoms. The first kappa shape index (κ1) is 15.1. The van der Waals surface area contributed by atoms with Gasteiger partial charge in [-0.05, 0) is 49.3 Å². The van der Waals surface area contributed by atoms with Gasteiger partial charge in [0, 0.05) is 6.42 Å². The lowest BCUT2D eigenvalue weighted by Gasteiger charge is -2.35. The van der Waals surface area contributed by atoms with E-state index in [0.29, 0.717) is 0 Å². The third kappa shape index (κ3) is 3.79. The molecule has 3 nitrogen and oxygen atoms in total. The molecule has 2 atom stereocenters. The zero-order valence-corrected chi connectivity index (χ0v) is 11.7. The van der Waals surface area contributed by atoms with Crippen LogP contribution in [0.5, 0.6) is 0 Å². The van der Waals surface area contributed by atoms with Gasteiger partial charge >= 0.3 is 0 Å². The van der Waals surface area contributed by atoms with Crippen molar-refractivity contribution in [3.63, 3.8) is 0 Å². The Balaban J connectivity index is 2.89. The summed E-state index contributed by atoms with van der Waals surface area (Å²) in [5.41, 5.74) is 1.98. The Morgan fingerprint density at radius 1 is 1.56 bits per heavy atom. The van der Waals surface area contributed by atoms with Gasteiger partial charge in [-0.1, -0.05) is 19.9 Å². The van der Waals surface area contributed by atoms with Crippen molar-refractivity contribution < 1.29 is 15.0 Å². The molecule has 0 spiro atoms. The van der Waals surface area contributed by atoms with E-state index in [1.807, 2.05) is 13.0 Å². The summed E-state index contributed by atoms with van der Waals surface area (Å²) >= 11 is 0. The van der Waals surface area contributed by atoms with E-state index in [-0.39, 0.29) is 17.6 Å². The van der Waals surface area contributed by atoms with E-state index >= 15 is 0 Å². The summed E-state index contributed by atoms with van der Waals surface area (Å²) in [5, 5.41) is 19.0. The van der Waals surface area contributed by atoms with Crippen molar-refractivity contribution in [1.82, 2.24) is 0 Å². The molecule has 102 valence electrons. The third-order valence-electron chi connectivity index (χ3n) is 3.63. The maximum atomic E-state index is 11.6. The molecule has 0 saturated carbocycles. The maximum Gasteiger partial charge on any atom is 0.158 e. The molecule has 0 radical (unpaired) electrons. The van der Waals surface area contributed by atoms with Crippen LogP contribution in [-0.4, -0.2) is 28.2 Å². The van der Waals surface area contributed by atoms with Crippen molar-refractivity contribution in [3.05, 3.63) is 23.3 Å². The predicted octanol–water partition coefficient (Wildman–Crippen LogP) is 2.38. The Kier molecular flexibility index (Phi) is 4.88. The van der Waals surface area contributed by atoms with E-state index in [9.17, 15) is 9.90 Å². The smallest absolute Gasteiger partial charge is 0.158 e. The molecule has 0 amide bonds. The summed E-state index contributed by atoms with van der Waals surface area (Å²) in [6.07, 6.45) is 4.15. The quantitative estimate of drug-likeness (QED) is 0.755. The monoisotopic (exact) mass is 252 g/mol. The van der Waals surface area contributed by atoms with Gasteiger partial charge in [-0.15, -0.1) is 0 Å². The van der Waals surface area contributed by atoms with Crippen LogP contribution in [0, 0.1) is 5.41 Å². The number of carbonyl (C=O) groups excluding carboxylic acids is 1. The van der Waals surface area contributed by atoms with Crippen LogP contribution in [0.3, 0.4) is 0 Å². The van der Waals surface area contributed by atoms with E-state index < -0.39 is 12.2 Å². The van der Waals surface area contributed by atoms with E-state index in [2.05, 4.69) is 13.8 Å². The summed E-state index contributed by atoms with van der Waals surface area (Å²) in [5.74, 6) is -0.0823. The van der Waals surface area contributed by atoms with Crippen LogP contribution in [0.2, 0.25) is 0 Å². The number of aliphatic hydroxyl groups is 2. The van der Waals surface area contributed by atoms with Crippen LogP contribution in [0.4, 0.5) is 0 Å². The summed E-state index contributed by atoms with van der Waals surface area (Å²) in [6.45, 7) is 7.78. The summed E-state index contributed by atoms with van der Waals surface area (Å²) < 4.78 is 0. The van der Waals surface area contributed by atoms with Gasteiger partial charge in [0.1, 0.15) is 0 Å². The van der Waals surface area contributed by atoms with E-state index in [4.69, 9.17) is 5.11 Å². The van der Waals surface area contributed by atoms with Crippen molar-refractivity contribution in [2.24, 2.45) is 5.41 Å². The maximum absolute atomic E-state index is 11.6. The van der Waals surface area contributed by atoms with Crippen LogP contribution < -0.4 is 0 Å². The average Bonchev–Trinajstić information content (AvgIpc) is 2.23. The highest BCUT2D eigenvalue weighted by Gasteiger charge is 2.30. The summed E-state index contributed by atoms with van der Waals surface area (Å²) in [7, 11) is 0. The number of allylic oxidation sites excluding steroid dienone is 3. The number of rotatable bonds is 4. The van der Waals surface area contributed by atoms with Gasteiger partial charge in [0.2, 0.25) is 0 Å². The minimum Gasteiger partial charge on any atom is -0.393 e. The number of carbonyl (C=O) groups is 1. The second kappa shape index (κ2) is 5.81. The van der Waals surface area contributed by atoms with Crippen LogP contribution in [0.15, 0.2) is 23.3 Å². The molecule has 2 N–H and O–H groups in total. The van der Waals surface area contributed by atoms with Crippen LogP contribution >= 0.6 is 0 Å². The molecule has 0 aliphatic heterocycles. The number of aliphatic hydroxyl groups excluding tert-OH is 2. The highest BCUT2D eigenvalue weighted by molar-refractivity contribution is 5.90. The molecule has 2 unspecified atom stereocenters. The SMILES string of the molecule is CC1=C(/C=C/C(=O)CC(C)O)C(C)(C)CCC1O. The normalized spacial score (nSPS) is 25.6. The lowest BCUT2D eigenvalue weighted by Crippen LogP contribution is -2.27. The molecule has 0 aromatic carbocycles. The molecular formula is C15H24O3. The van der Waals surface area contributed by atoms with Gasteiger partial charge < -0.3 is 10.2 Å². The molecular weight excluding hydrogens is 228 g/mol. The van der Waals surface area contributed by atoms with Crippen LogP contribution in [-0.2, 0) is 4.79 Å². The molecule has 0 aromatic rings. The third-order valence-corrected chi connectivity index (χ3v) is 3.63. The standard InChI is InChI=1S/C15H24O3/c1-10(16)9-12(17)5-6-13-11(2)14(18)7-8-15(13,3)4/h5-6,10,14,16,18H,7-9H2,1-4H3/b6-5+. The number of hydrogen-bond donors (Lipinski definition) is 2. The van der Waals surface area contributed by atoms with Crippen LogP contribution in [0.25, 0.3) is 0 Å².